The minimum absolute atomic E-state index is 0.0864. The number of aliphatic hydroxyl groups is 1. The summed E-state index contributed by atoms with van der Waals surface area (Å²) in [7, 11) is 1.57. The van der Waals surface area contributed by atoms with Gasteiger partial charge in [-0.25, -0.2) is 8.78 Å². The van der Waals surface area contributed by atoms with Gasteiger partial charge in [-0.15, -0.1) is 0 Å². The molecule has 1 atom stereocenters. The molecule has 1 aliphatic rings. The van der Waals surface area contributed by atoms with Crippen molar-refractivity contribution in [3.05, 3.63) is 29.3 Å². The minimum Gasteiger partial charge on any atom is -0.394 e. The van der Waals surface area contributed by atoms with Gasteiger partial charge in [0.15, 0.2) is 0 Å². The standard InChI is InChI=1S/C14H20F2N2O/c1-9(8-19)18(2)14-12(15)5-10(6-13(14)16)7-17-11-3-4-11/h5-6,9,11,17,19H,3-4,7-8H2,1-2H3. The van der Waals surface area contributed by atoms with E-state index in [0.29, 0.717) is 18.2 Å². The van der Waals surface area contributed by atoms with Gasteiger partial charge in [-0.2, -0.15) is 0 Å². The average Bonchev–Trinajstić information content (AvgIpc) is 3.18. The van der Waals surface area contributed by atoms with Crippen LogP contribution in [0.2, 0.25) is 0 Å². The van der Waals surface area contributed by atoms with E-state index in [9.17, 15) is 8.78 Å². The molecule has 0 saturated heterocycles. The van der Waals surface area contributed by atoms with Crippen molar-refractivity contribution < 1.29 is 13.9 Å². The molecule has 1 fully saturated rings. The molecule has 0 heterocycles. The summed E-state index contributed by atoms with van der Waals surface area (Å²) in [6, 6.07) is 2.88. The SMILES string of the molecule is CC(CO)N(C)c1c(F)cc(CNC2CC2)cc1F. The zero-order chi connectivity index (χ0) is 14.0. The van der Waals surface area contributed by atoms with E-state index in [1.165, 1.54) is 17.0 Å². The van der Waals surface area contributed by atoms with Crippen LogP contribution in [0, 0.1) is 11.6 Å². The average molecular weight is 270 g/mol. The summed E-state index contributed by atoms with van der Waals surface area (Å²) in [5.41, 5.74) is 0.521. The third-order valence-corrected chi connectivity index (χ3v) is 3.53. The molecule has 2 N–H and O–H groups in total. The van der Waals surface area contributed by atoms with Gasteiger partial charge < -0.3 is 15.3 Å². The van der Waals surface area contributed by atoms with Gasteiger partial charge in [0, 0.05) is 25.7 Å². The molecule has 0 aromatic heterocycles. The lowest BCUT2D eigenvalue weighted by atomic mass is 10.1. The zero-order valence-corrected chi connectivity index (χ0v) is 11.3. The molecular weight excluding hydrogens is 250 g/mol. The Hall–Kier alpha value is -1.20. The van der Waals surface area contributed by atoms with E-state index in [2.05, 4.69) is 5.32 Å². The van der Waals surface area contributed by atoms with Crippen molar-refractivity contribution in [3.63, 3.8) is 0 Å². The number of rotatable bonds is 6. The monoisotopic (exact) mass is 270 g/mol. The fourth-order valence-corrected chi connectivity index (χ4v) is 1.95. The minimum atomic E-state index is -0.588. The Labute approximate surface area is 112 Å². The molecule has 2 rings (SSSR count). The Balaban J connectivity index is 2.15. The van der Waals surface area contributed by atoms with Gasteiger partial charge >= 0.3 is 0 Å². The number of nitrogens with one attached hydrogen (secondary N) is 1. The third kappa shape index (κ3) is 3.42. The van der Waals surface area contributed by atoms with E-state index in [-0.39, 0.29) is 18.3 Å². The molecule has 1 saturated carbocycles. The maximum atomic E-state index is 14.0. The van der Waals surface area contributed by atoms with Crippen LogP contribution < -0.4 is 10.2 Å². The quantitative estimate of drug-likeness (QED) is 0.830. The van der Waals surface area contributed by atoms with Gasteiger partial charge in [0.2, 0.25) is 0 Å². The van der Waals surface area contributed by atoms with E-state index < -0.39 is 11.6 Å². The van der Waals surface area contributed by atoms with Crippen LogP contribution in [0.3, 0.4) is 0 Å². The molecule has 0 bridgehead atoms. The van der Waals surface area contributed by atoms with Crippen LogP contribution >= 0.6 is 0 Å². The normalized spacial score (nSPS) is 16.5. The lowest BCUT2D eigenvalue weighted by Crippen LogP contribution is -2.33. The summed E-state index contributed by atoms with van der Waals surface area (Å²) in [5.74, 6) is -1.18. The Morgan fingerprint density at radius 2 is 1.95 bits per heavy atom. The van der Waals surface area contributed by atoms with Crippen LogP contribution in [0.25, 0.3) is 0 Å². The summed E-state index contributed by atoms with van der Waals surface area (Å²) in [6.45, 7) is 2.04. The summed E-state index contributed by atoms with van der Waals surface area (Å²) >= 11 is 0. The van der Waals surface area contributed by atoms with Crippen molar-refractivity contribution in [2.45, 2.75) is 38.4 Å². The van der Waals surface area contributed by atoms with Crippen LogP contribution in [-0.2, 0) is 6.54 Å². The van der Waals surface area contributed by atoms with Gasteiger partial charge in [0.1, 0.15) is 17.3 Å². The van der Waals surface area contributed by atoms with E-state index in [4.69, 9.17) is 5.11 Å². The van der Waals surface area contributed by atoms with Crippen molar-refractivity contribution >= 4 is 5.69 Å². The van der Waals surface area contributed by atoms with Crippen molar-refractivity contribution in [1.82, 2.24) is 5.32 Å². The first-order chi connectivity index (χ1) is 9.02. The highest BCUT2D eigenvalue weighted by Gasteiger charge is 2.22. The van der Waals surface area contributed by atoms with Crippen LogP contribution in [0.4, 0.5) is 14.5 Å². The number of likely N-dealkylation sites (N-methyl/N-ethyl adjacent to an activating group) is 1. The fraction of sp³-hybridized carbons (Fsp3) is 0.571. The fourth-order valence-electron chi connectivity index (χ4n) is 1.95. The van der Waals surface area contributed by atoms with Gasteiger partial charge in [-0.05, 0) is 37.5 Å². The second-order valence-corrected chi connectivity index (χ2v) is 5.21. The maximum absolute atomic E-state index is 14.0. The summed E-state index contributed by atoms with van der Waals surface area (Å²) in [5, 5.41) is 12.3. The highest BCUT2D eigenvalue weighted by Crippen LogP contribution is 2.26. The molecule has 0 amide bonds. The van der Waals surface area contributed by atoms with E-state index in [1.54, 1.807) is 14.0 Å². The van der Waals surface area contributed by atoms with Gasteiger partial charge in [-0.3, -0.25) is 0 Å². The second-order valence-electron chi connectivity index (χ2n) is 5.21. The van der Waals surface area contributed by atoms with Crippen LogP contribution in [-0.4, -0.2) is 30.8 Å². The molecule has 1 unspecified atom stereocenters. The molecule has 1 aromatic carbocycles. The molecule has 0 aliphatic heterocycles. The summed E-state index contributed by atoms with van der Waals surface area (Å²) < 4.78 is 28.0. The number of benzene rings is 1. The molecule has 3 nitrogen and oxygen atoms in total. The van der Waals surface area contributed by atoms with Gasteiger partial charge in [0.05, 0.1) is 6.61 Å². The Morgan fingerprint density at radius 1 is 1.37 bits per heavy atom. The van der Waals surface area contributed by atoms with Crippen LogP contribution in [0.15, 0.2) is 12.1 Å². The molecule has 0 radical (unpaired) electrons. The van der Waals surface area contributed by atoms with Gasteiger partial charge in [-0.1, -0.05) is 0 Å². The topological polar surface area (TPSA) is 35.5 Å². The lowest BCUT2D eigenvalue weighted by molar-refractivity contribution is 0.269. The first kappa shape index (κ1) is 14.2. The molecule has 106 valence electrons. The predicted octanol–water partition coefficient (Wildman–Crippen LogP) is 2.03. The molecule has 1 aliphatic carbocycles. The predicted molar refractivity (Wildman–Crippen MR) is 71.2 cm³/mol. The molecule has 19 heavy (non-hydrogen) atoms. The Kier molecular flexibility index (Phi) is 4.37. The maximum Gasteiger partial charge on any atom is 0.149 e. The number of anilines is 1. The summed E-state index contributed by atoms with van der Waals surface area (Å²) in [6.07, 6.45) is 2.28. The van der Waals surface area contributed by atoms with E-state index in [1.807, 2.05) is 0 Å². The highest BCUT2D eigenvalue weighted by atomic mass is 19.1. The van der Waals surface area contributed by atoms with E-state index in [0.717, 1.165) is 12.8 Å². The second kappa shape index (κ2) is 5.84. The molecule has 0 spiro atoms. The van der Waals surface area contributed by atoms with Crippen molar-refractivity contribution in [2.24, 2.45) is 0 Å². The van der Waals surface area contributed by atoms with Crippen molar-refractivity contribution in [2.75, 3.05) is 18.6 Å². The number of halogens is 2. The Bertz CT molecular complexity index is 426. The molecule has 1 aromatic rings. The largest absolute Gasteiger partial charge is 0.394 e. The third-order valence-electron chi connectivity index (χ3n) is 3.53. The van der Waals surface area contributed by atoms with E-state index >= 15 is 0 Å². The number of hydrogen-bond acceptors (Lipinski definition) is 3. The van der Waals surface area contributed by atoms with Crippen LogP contribution in [0.5, 0.6) is 0 Å². The van der Waals surface area contributed by atoms with Gasteiger partial charge in [0.25, 0.3) is 0 Å². The van der Waals surface area contributed by atoms with Crippen molar-refractivity contribution in [3.8, 4) is 0 Å². The van der Waals surface area contributed by atoms with Crippen LogP contribution in [0.1, 0.15) is 25.3 Å². The number of aliphatic hydroxyl groups excluding tert-OH is 1. The smallest absolute Gasteiger partial charge is 0.149 e. The number of hydrogen-bond donors (Lipinski definition) is 2. The lowest BCUT2D eigenvalue weighted by Gasteiger charge is -2.26. The molecular formula is C14H20F2N2O. The first-order valence-corrected chi connectivity index (χ1v) is 6.58. The zero-order valence-electron chi connectivity index (χ0n) is 11.3. The first-order valence-electron chi connectivity index (χ1n) is 6.58. The molecule has 5 heteroatoms. The summed E-state index contributed by atoms with van der Waals surface area (Å²) in [4.78, 5) is 1.42. The van der Waals surface area contributed by atoms with Crippen molar-refractivity contribution in [1.29, 1.82) is 0 Å². The number of nitrogens with zero attached hydrogens (tertiary/aromatic N) is 1. The Morgan fingerprint density at radius 3 is 2.42 bits per heavy atom. The highest BCUT2D eigenvalue weighted by molar-refractivity contribution is 5.50.